The molecule has 29 heavy (non-hydrogen) atoms. The van der Waals surface area contributed by atoms with Crippen LogP contribution in [0.2, 0.25) is 0 Å². The standard InChI is InChI=1S/C11H12N2.C8H12N2.C3H5BrO2/c1-4-11-12-9-5-7(2)8(3)6-10(9)13-11;1-5-3-7(9)8(10)4-6(5)2;4-2-1-3(5)6/h4-6H,1H2,2-3H3,(H,12,13);3-4H,9-10H2,1-2H3;1-2H2,(H,5,6). The lowest BCUT2D eigenvalue weighted by Gasteiger charge is -2.03. The van der Waals surface area contributed by atoms with E-state index in [0.29, 0.717) is 16.7 Å². The molecular formula is C22H29BrN4O2. The van der Waals surface area contributed by atoms with Gasteiger partial charge in [-0.05, 0) is 80.3 Å². The summed E-state index contributed by atoms with van der Waals surface area (Å²) >= 11 is 2.97. The third kappa shape index (κ3) is 7.62. The van der Waals surface area contributed by atoms with Crippen LogP contribution in [-0.4, -0.2) is 26.4 Å². The van der Waals surface area contributed by atoms with E-state index < -0.39 is 5.97 Å². The molecule has 3 aromatic rings. The number of nitrogens with zero attached hydrogens (tertiary/aromatic N) is 1. The highest BCUT2D eigenvalue weighted by Crippen LogP contribution is 2.19. The van der Waals surface area contributed by atoms with Gasteiger partial charge in [0, 0.05) is 5.33 Å². The zero-order valence-electron chi connectivity index (χ0n) is 17.3. The van der Waals surface area contributed by atoms with Crippen LogP contribution in [0.5, 0.6) is 0 Å². The Hall–Kier alpha value is -2.80. The number of alkyl halides is 1. The van der Waals surface area contributed by atoms with E-state index in [1.165, 1.54) is 22.3 Å². The summed E-state index contributed by atoms with van der Waals surface area (Å²) in [5.41, 5.74) is 19.5. The van der Waals surface area contributed by atoms with Crippen LogP contribution >= 0.6 is 15.9 Å². The molecule has 0 aliphatic rings. The summed E-state index contributed by atoms with van der Waals surface area (Å²) in [5.74, 6) is 0.0758. The van der Waals surface area contributed by atoms with E-state index in [1.807, 2.05) is 26.0 Å². The van der Waals surface area contributed by atoms with E-state index in [4.69, 9.17) is 16.6 Å². The van der Waals surface area contributed by atoms with Crippen LogP contribution in [0, 0.1) is 27.7 Å². The number of fused-ring (bicyclic) bond motifs is 1. The molecule has 0 spiro atoms. The SMILES string of the molecule is C=Cc1nc2cc(C)c(C)cc2[nH]1.Cc1cc(N)c(N)cc1C.O=C(O)CCBr. The number of carboxylic acids is 1. The molecule has 0 unspecified atom stereocenters. The molecule has 2 aromatic carbocycles. The topological polar surface area (TPSA) is 118 Å². The number of benzene rings is 2. The van der Waals surface area contributed by atoms with Gasteiger partial charge in [-0.2, -0.15) is 0 Å². The average Bonchev–Trinajstić information content (AvgIpc) is 3.03. The molecule has 6 nitrogen and oxygen atoms in total. The number of imidazole rings is 1. The summed E-state index contributed by atoms with van der Waals surface area (Å²) in [7, 11) is 0. The lowest BCUT2D eigenvalue weighted by molar-refractivity contribution is -0.136. The Balaban J connectivity index is 0.000000235. The van der Waals surface area contributed by atoms with Gasteiger partial charge in [-0.1, -0.05) is 22.5 Å². The highest BCUT2D eigenvalue weighted by molar-refractivity contribution is 9.09. The van der Waals surface area contributed by atoms with Gasteiger partial charge >= 0.3 is 5.97 Å². The van der Waals surface area contributed by atoms with Gasteiger partial charge in [-0.3, -0.25) is 4.79 Å². The first-order chi connectivity index (χ1) is 13.6. The molecule has 1 aromatic heterocycles. The van der Waals surface area contributed by atoms with Crippen molar-refractivity contribution in [3.8, 4) is 0 Å². The fourth-order valence-corrected chi connectivity index (χ4v) is 2.67. The number of aryl methyl sites for hydroxylation is 4. The van der Waals surface area contributed by atoms with Crippen molar-refractivity contribution in [1.82, 2.24) is 9.97 Å². The van der Waals surface area contributed by atoms with Gasteiger partial charge in [-0.25, -0.2) is 4.98 Å². The van der Waals surface area contributed by atoms with Crippen LogP contribution in [-0.2, 0) is 4.79 Å². The lowest BCUT2D eigenvalue weighted by atomic mass is 10.1. The predicted molar refractivity (Wildman–Crippen MR) is 126 cm³/mol. The minimum atomic E-state index is -0.758. The van der Waals surface area contributed by atoms with Crippen LogP contribution < -0.4 is 11.5 Å². The number of anilines is 2. The summed E-state index contributed by atoms with van der Waals surface area (Å²) < 4.78 is 0. The van der Waals surface area contributed by atoms with Crippen LogP contribution in [0.1, 0.15) is 34.5 Å². The molecule has 7 heteroatoms. The molecule has 0 saturated carbocycles. The molecule has 3 rings (SSSR count). The smallest absolute Gasteiger partial charge is 0.304 e. The van der Waals surface area contributed by atoms with Gasteiger partial charge in [0.2, 0.25) is 0 Å². The third-order valence-corrected chi connectivity index (χ3v) is 4.71. The molecule has 0 fully saturated rings. The number of nitrogens with two attached hydrogens (primary N) is 2. The maximum absolute atomic E-state index is 9.57. The second-order valence-corrected chi connectivity index (χ2v) is 7.47. The van der Waals surface area contributed by atoms with E-state index in [0.717, 1.165) is 16.9 Å². The van der Waals surface area contributed by atoms with E-state index in [1.54, 1.807) is 6.08 Å². The predicted octanol–water partition coefficient (Wildman–Crippen LogP) is 5.15. The van der Waals surface area contributed by atoms with E-state index in [2.05, 4.69) is 58.5 Å². The minimum Gasteiger partial charge on any atom is -0.481 e. The fourth-order valence-electron chi connectivity index (χ4n) is 2.33. The number of hydrogen-bond acceptors (Lipinski definition) is 4. The summed E-state index contributed by atoms with van der Waals surface area (Å²) in [5, 5.41) is 8.43. The molecular weight excluding hydrogens is 432 g/mol. The first-order valence-corrected chi connectivity index (χ1v) is 10.2. The van der Waals surface area contributed by atoms with Crippen LogP contribution in [0.3, 0.4) is 0 Å². The molecule has 0 amide bonds. The molecule has 0 bridgehead atoms. The zero-order valence-corrected chi connectivity index (χ0v) is 18.9. The van der Waals surface area contributed by atoms with Crippen molar-refractivity contribution in [2.75, 3.05) is 16.8 Å². The average molecular weight is 461 g/mol. The van der Waals surface area contributed by atoms with Crippen molar-refractivity contribution < 1.29 is 9.90 Å². The summed E-state index contributed by atoms with van der Waals surface area (Å²) in [6, 6.07) is 7.99. The number of aromatic nitrogens is 2. The van der Waals surface area contributed by atoms with E-state index in [9.17, 15) is 4.79 Å². The Bertz CT molecular complexity index is 907. The number of H-pyrrole nitrogens is 1. The van der Waals surface area contributed by atoms with E-state index in [-0.39, 0.29) is 6.42 Å². The molecule has 0 saturated heterocycles. The lowest BCUT2D eigenvalue weighted by Crippen LogP contribution is -1.96. The Morgan fingerprint density at radius 1 is 1.07 bits per heavy atom. The van der Waals surface area contributed by atoms with E-state index >= 15 is 0 Å². The minimum absolute atomic E-state index is 0.208. The molecule has 1 heterocycles. The number of carboxylic acid groups (broad SMARTS) is 1. The maximum atomic E-state index is 9.57. The Morgan fingerprint density at radius 3 is 1.97 bits per heavy atom. The van der Waals surface area contributed by atoms with Crippen LogP contribution in [0.4, 0.5) is 11.4 Å². The Morgan fingerprint density at radius 2 is 1.55 bits per heavy atom. The van der Waals surface area contributed by atoms with Gasteiger partial charge in [0.05, 0.1) is 28.8 Å². The largest absolute Gasteiger partial charge is 0.481 e. The summed E-state index contributed by atoms with van der Waals surface area (Å²) in [4.78, 5) is 17.1. The first kappa shape index (κ1) is 24.2. The molecule has 0 aliphatic carbocycles. The number of halogens is 1. The Labute approximate surface area is 180 Å². The van der Waals surface area contributed by atoms with Crippen molar-refractivity contribution in [2.24, 2.45) is 0 Å². The first-order valence-electron chi connectivity index (χ1n) is 9.08. The number of nitrogens with one attached hydrogen (secondary N) is 1. The molecule has 0 aliphatic heterocycles. The quantitative estimate of drug-likeness (QED) is 0.318. The number of nitrogen functional groups attached to an aromatic ring is 2. The molecule has 0 radical (unpaired) electrons. The molecule has 156 valence electrons. The summed E-state index contributed by atoms with van der Waals surface area (Å²) in [6.07, 6.45) is 1.94. The van der Waals surface area contributed by atoms with Crippen molar-refractivity contribution >= 4 is 50.4 Å². The van der Waals surface area contributed by atoms with Gasteiger partial charge < -0.3 is 21.6 Å². The fraction of sp³-hybridized carbons (Fsp3) is 0.273. The van der Waals surface area contributed by atoms with Gasteiger partial charge in [-0.15, -0.1) is 0 Å². The highest BCUT2D eigenvalue weighted by atomic mass is 79.9. The number of rotatable bonds is 3. The second-order valence-electron chi connectivity index (χ2n) is 6.68. The number of aromatic amines is 1. The van der Waals surface area contributed by atoms with Crippen molar-refractivity contribution in [2.45, 2.75) is 34.1 Å². The third-order valence-electron chi connectivity index (χ3n) is 4.32. The zero-order chi connectivity index (χ0) is 22.1. The number of carbonyl (C=O) groups is 1. The van der Waals surface area contributed by atoms with Crippen molar-refractivity contribution in [3.05, 3.63) is 58.9 Å². The summed E-state index contributed by atoms with van der Waals surface area (Å²) in [6.45, 7) is 11.9. The molecule has 6 N–H and O–H groups in total. The van der Waals surface area contributed by atoms with Crippen molar-refractivity contribution in [1.29, 1.82) is 0 Å². The van der Waals surface area contributed by atoms with Gasteiger partial charge in [0.1, 0.15) is 5.82 Å². The maximum Gasteiger partial charge on any atom is 0.304 e. The molecule has 0 atom stereocenters. The van der Waals surface area contributed by atoms with Gasteiger partial charge in [0.25, 0.3) is 0 Å². The second kappa shape index (κ2) is 11.3. The van der Waals surface area contributed by atoms with Crippen LogP contribution in [0.15, 0.2) is 30.8 Å². The highest BCUT2D eigenvalue weighted by Gasteiger charge is 2.01. The monoisotopic (exact) mass is 460 g/mol. The van der Waals surface area contributed by atoms with Crippen molar-refractivity contribution in [3.63, 3.8) is 0 Å². The normalized spacial score (nSPS) is 9.83. The Kier molecular flexibility index (Phi) is 9.41. The van der Waals surface area contributed by atoms with Gasteiger partial charge in [0.15, 0.2) is 0 Å². The number of aliphatic carboxylic acids is 1. The number of hydrogen-bond donors (Lipinski definition) is 4. The van der Waals surface area contributed by atoms with Crippen LogP contribution in [0.25, 0.3) is 17.1 Å².